The monoisotopic (exact) mass is 591 g/mol. The largest absolute Gasteiger partial charge is 1.00 e. The first kappa shape index (κ1) is 30.3. The summed E-state index contributed by atoms with van der Waals surface area (Å²) in [7, 11) is 6.36. The molecule has 0 unspecified atom stereocenters. The van der Waals surface area contributed by atoms with Crippen LogP contribution in [0, 0.1) is 0 Å². The van der Waals surface area contributed by atoms with Crippen molar-refractivity contribution in [2.45, 2.75) is 19.8 Å². The Morgan fingerprint density at radius 3 is 1.95 bits per heavy atom. The summed E-state index contributed by atoms with van der Waals surface area (Å²) in [5.41, 5.74) is 5.20. The first-order valence-electron chi connectivity index (χ1n) is 14.9. The molecule has 5 aromatic carbocycles. The molecule has 220 valence electrons. The zero-order chi connectivity index (χ0) is 29.4. The lowest BCUT2D eigenvalue weighted by Crippen LogP contribution is -3.00. The van der Waals surface area contributed by atoms with Crippen molar-refractivity contribution < 1.29 is 26.5 Å². The van der Waals surface area contributed by atoms with Gasteiger partial charge in [0.2, 0.25) is 0 Å². The van der Waals surface area contributed by atoms with Crippen molar-refractivity contribution in [1.82, 2.24) is 0 Å². The molecule has 0 saturated carbocycles. The predicted octanol–water partition coefficient (Wildman–Crippen LogP) is 4.77. The van der Waals surface area contributed by atoms with E-state index >= 15 is 0 Å². The van der Waals surface area contributed by atoms with E-state index in [9.17, 15) is 9.59 Å². The van der Waals surface area contributed by atoms with Crippen LogP contribution in [-0.2, 0) is 0 Å². The molecule has 6 rings (SSSR count). The number of fused-ring (bicyclic) bond motifs is 4. The molecule has 0 amide bonds. The van der Waals surface area contributed by atoms with Gasteiger partial charge in [0.25, 0.3) is 0 Å². The Hall–Kier alpha value is -4.19. The standard InChI is InChI=1S/C37H37N3O2.ClH/c1-5-20-40(3,4)21-10-19-39-32-17-15-26-22-24-11-6-7-12-25(24)23-30(26)33(32)29-16-18-31(38-2)35-34(29)36(41)27-13-8-9-14-28(27)37(35)42;/h6-9,11-18,22-23H,5,10,19-21H2,1-4H3,(H-,38,39,41,42);1H. The van der Waals surface area contributed by atoms with Crippen molar-refractivity contribution in [1.29, 1.82) is 0 Å². The minimum Gasteiger partial charge on any atom is -1.00 e. The van der Waals surface area contributed by atoms with Crippen molar-refractivity contribution in [2.24, 2.45) is 0 Å². The number of ketones is 2. The van der Waals surface area contributed by atoms with Crippen molar-refractivity contribution in [3.05, 3.63) is 107 Å². The summed E-state index contributed by atoms with van der Waals surface area (Å²) in [6.07, 6.45) is 2.18. The van der Waals surface area contributed by atoms with Crippen LogP contribution >= 0.6 is 0 Å². The Bertz CT molecular complexity index is 1860. The lowest BCUT2D eigenvalue weighted by Gasteiger charge is -2.29. The van der Waals surface area contributed by atoms with Gasteiger partial charge >= 0.3 is 0 Å². The van der Waals surface area contributed by atoms with Crippen LogP contribution in [-0.4, -0.2) is 56.8 Å². The number of hydrogen-bond donors (Lipinski definition) is 2. The van der Waals surface area contributed by atoms with Gasteiger partial charge < -0.3 is 27.5 Å². The van der Waals surface area contributed by atoms with Crippen LogP contribution in [0.4, 0.5) is 11.4 Å². The summed E-state index contributed by atoms with van der Waals surface area (Å²) in [6, 6.07) is 28.1. The molecule has 43 heavy (non-hydrogen) atoms. The minimum atomic E-state index is -0.123. The van der Waals surface area contributed by atoms with Gasteiger partial charge in [-0.2, -0.15) is 0 Å². The Balaban J connectivity index is 0.00000368. The molecular weight excluding hydrogens is 554 g/mol. The summed E-state index contributed by atoms with van der Waals surface area (Å²) in [4.78, 5) is 28.1. The van der Waals surface area contributed by atoms with E-state index in [1.807, 2.05) is 24.3 Å². The van der Waals surface area contributed by atoms with Gasteiger partial charge in [0, 0.05) is 53.6 Å². The molecule has 2 N–H and O–H groups in total. The average Bonchev–Trinajstić information content (AvgIpc) is 3.00. The van der Waals surface area contributed by atoms with Gasteiger partial charge in [-0.05, 0) is 57.8 Å². The topological polar surface area (TPSA) is 58.2 Å². The Kier molecular flexibility index (Phi) is 8.59. The van der Waals surface area contributed by atoms with Crippen LogP contribution in [0.2, 0.25) is 0 Å². The van der Waals surface area contributed by atoms with Gasteiger partial charge in [0.15, 0.2) is 11.6 Å². The van der Waals surface area contributed by atoms with E-state index in [0.717, 1.165) is 69.9 Å². The number of nitrogens with one attached hydrogen (secondary N) is 2. The Morgan fingerprint density at radius 1 is 0.651 bits per heavy atom. The van der Waals surface area contributed by atoms with Crippen molar-refractivity contribution in [3.63, 3.8) is 0 Å². The molecule has 0 fully saturated rings. The van der Waals surface area contributed by atoms with Gasteiger partial charge in [-0.15, -0.1) is 0 Å². The lowest BCUT2D eigenvalue weighted by atomic mass is 9.78. The van der Waals surface area contributed by atoms with Crippen LogP contribution in [0.25, 0.3) is 32.7 Å². The number of carbonyl (C=O) groups excluding carboxylic acids is 2. The van der Waals surface area contributed by atoms with Crippen LogP contribution in [0.3, 0.4) is 0 Å². The smallest absolute Gasteiger partial charge is 0.196 e. The average molecular weight is 592 g/mol. The minimum absolute atomic E-state index is 0. The van der Waals surface area contributed by atoms with E-state index in [4.69, 9.17) is 0 Å². The first-order chi connectivity index (χ1) is 20.3. The predicted molar refractivity (Wildman–Crippen MR) is 175 cm³/mol. The van der Waals surface area contributed by atoms with E-state index in [2.05, 4.69) is 80.2 Å². The van der Waals surface area contributed by atoms with Crippen LogP contribution in [0.15, 0.2) is 84.9 Å². The summed E-state index contributed by atoms with van der Waals surface area (Å²) in [6.45, 7) is 5.26. The van der Waals surface area contributed by atoms with Crippen molar-refractivity contribution in [2.75, 3.05) is 51.4 Å². The summed E-state index contributed by atoms with van der Waals surface area (Å²) in [5.74, 6) is -0.239. The number of benzene rings is 5. The number of carbonyl (C=O) groups is 2. The highest BCUT2D eigenvalue weighted by atomic mass is 35.5. The van der Waals surface area contributed by atoms with Gasteiger partial charge in [-0.3, -0.25) is 9.59 Å². The highest BCUT2D eigenvalue weighted by molar-refractivity contribution is 6.32. The number of halogens is 1. The fourth-order valence-electron chi connectivity index (χ4n) is 6.54. The molecule has 1 aliphatic carbocycles. The number of rotatable bonds is 9. The third kappa shape index (κ3) is 5.51. The normalized spacial score (nSPS) is 12.6. The van der Waals surface area contributed by atoms with Crippen molar-refractivity contribution in [3.8, 4) is 11.1 Å². The maximum absolute atomic E-state index is 14.2. The third-order valence-corrected chi connectivity index (χ3v) is 8.59. The Morgan fingerprint density at radius 2 is 1.28 bits per heavy atom. The maximum Gasteiger partial charge on any atom is 0.196 e. The molecule has 0 aliphatic heterocycles. The maximum atomic E-state index is 14.2. The molecule has 0 spiro atoms. The molecular formula is C37H38ClN3O2. The van der Waals surface area contributed by atoms with Crippen molar-refractivity contribution >= 4 is 44.5 Å². The van der Waals surface area contributed by atoms with Crippen LogP contribution in [0.1, 0.15) is 51.6 Å². The van der Waals surface area contributed by atoms with Gasteiger partial charge in [0.05, 0.1) is 32.7 Å². The summed E-state index contributed by atoms with van der Waals surface area (Å²) in [5, 5.41) is 11.3. The second-order valence-electron chi connectivity index (χ2n) is 11.9. The molecule has 5 nitrogen and oxygen atoms in total. The third-order valence-electron chi connectivity index (χ3n) is 8.59. The Labute approximate surface area is 259 Å². The molecule has 6 heteroatoms. The zero-order valence-corrected chi connectivity index (χ0v) is 26.0. The summed E-state index contributed by atoms with van der Waals surface area (Å²) < 4.78 is 0.990. The second kappa shape index (κ2) is 12.2. The molecule has 0 bridgehead atoms. The first-order valence-corrected chi connectivity index (χ1v) is 14.9. The fourth-order valence-corrected chi connectivity index (χ4v) is 6.54. The SMILES string of the molecule is CCC[N+](C)(C)CCCNc1ccc2cc3ccccc3cc2c1-c1ccc(NC)c2c1C(=O)c1ccccc1C2=O.[Cl-]. The number of anilines is 2. The highest BCUT2D eigenvalue weighted by Gasteiger charge is 2.34. The van der Waals surface area contributed by atoms with E-state index in [1.165, 1.54) is 5.39 Å². The molecule has 0 atom stereocenters. The van der Waals surface area contributed by atoms with E-state index < -0.39 is 0 Å². The number of nitrogens with zero attached hydrogens (tertiary/aromatic N) is 1. The molecule has 0 radical (unpaired) electrons. The van der Waals surface area contributed by atoms with Gasteiger partial charge in [0.1, 0.15) is 0 Å². The molecule has 5 aromatic rings. The molecule has 0 saturated heterocycles. The molecule has 0 heterocycles. The quantitative estimate of drug-likeness (QED) is 0.144. The highest BCUT2D eigenvalue weighted by Crippen LogP contribution is 2.44. The van der Waals surface area contributed by atoms with E-state index in [-0.39, 0.29) is 24.0 Å². The lowest BCUT2D eigenvalue weighted by molar-refractivity contribution is -0.890. The van der Waals surface area contributed by atoms with Gasteiger partial charge in [-0.25, -0.2) is 0 Å². The molecule has 1 aliphatic rings. The fraction of sp³-hybridized carbons (Fsp3) is 0.243. The zero-order valence-electron chi connectivity index (χ0n) is 25.3. The van der Waals surface area contributed by atoms with Gasteiger partial charge in [-0.1, -0.05) is 67.6 Å². The van der Waals surface area contributed by atoms with Crippen LogP contribution in [0.5, 0.6) is 0 Å². The number of quaternary nitrogens is 1. The molecule has 0 aromatic heterocycles. The van der Waals surface area contributed by atoms with E-state index in [1.54, 1.807) is 19.2 Å². The second-order valence-corrected chi connectivity index (χ2v) is 11.9. The van der Waals surface area contributed by atoms with E-state index in [0.29, 0.717) is 27.9 Å². The summed E-state index contributed by atoms with van der Waals surface area (Å²) >= 11 is 0. The van der Waals surface area contributed by atoms with Crippen LogP contribution < -0.4 is 23.0 Å². The number of hydrogen-bond acceptors (Lipinski definition) is 4.